The van der Waals surface area contributed by atoms with Gasteiger partial charge in [-0.1, -0.05) is 6.07 Å². The van der Waals surface area contributed by atoms with Crippen molar-refractivity contribution < 1.29 is 17.9 Å². The van der Waals surface area contributed by atoms with Gasteiger partial charge in [0.15, 0.2) is 0 Å². The van der Waals surface area contributed by atoms with Crippen LogP contribution in [0.1, 0.15) is 29.1 Å². The van der Waals surface area contributed by atoms with E-state index in [2.05, 4.69) is 15.1 Å². The zero-order valence-electron chi connectivity index (χ0n) is 18.3. The number of carbonyl (C=O) groups is 1. The van der Waals surface area contributed by atoms with Gasteiger partial charge in [-0.05, 0) is 43.7 Å². The monoisotopic (exact) mass is 495 g/mol. The maximum Gasteiger partial charge on any atom is 0.283 e. The third kappa shape index (κ3) is 3.26. The van der Waals surface area contributed by atoms with E-state index in [0.717, 1.165) is 25.6 Å². The minimum atomic E-state index is -3.85. The summed E-state index contributed by atoms with van der Waals surface area (Å²) in [6, 6.07) is 10.5. The van der Waals surface area contributed by atoms with Crippen molar-refractivity contribution in [2.45, 2.75) is 36.7 Å². The van der Waals surface area contributed by atoms with Crippen LogP contribution in [0.3, 0.4) is 0 Å². The van der Waals surface area contributed by atoms with Crippen molar-refractivity contribution in [2.24, 2.45) is 0 Å². The zero-order valence-corrected chi connectivity index (χ0v) is 20.0. The highest BCUT2D eigenvalue weighted by molar-refractivity contribution is 7.89. The largest absolute Gasteiger partial charge is 0.380 e. The van der Waals surface area contributed by atoms with Crippen molar-refractivity contribution in [3.05, 3.63) is 70.8 Å². The second-order valence-electron chi connectivity index (χ2n) is 8.67. The normalized spacial score (nSPS) is 20.2. The second kappa shape index (κ2) is 7.69. The summed E-state index contributed by atoms with van der Waals surface area (Å²) in [5.41, 5.74) is 4.48. The first-order valence-electron chi connectivity index (χ1n) is 10.8. The number of carbonyl (C=O) groups excluding carboxylic acids is 1. The van der Waals surface area contributed by atoms with E-state index >= 15 is 0 Å². The number of hydrogen-bond donors (Lipinski definition) is 0. The van der Waals surface area contributed by atoms with Gasteiger partial charge in [-0.15, -0.1) is 11.3 Å². The molecule has 4 aromatic rings. The molecular formula is C23H21N5O4S2. The topological polar surface area (TPSA) is 107 Å². The molecule has 2 aliphatic heterocycles. The Labute approximate surface area is 200 Å². The van der Waals surface area contributed by atoms with E-state index in [4.69, 9.17) is 4.74 Å². The van der Waals surface area contributed by atoms with Crippen LogP contribution in [0.5, 0.6) is 0 Å². The van der Waals surface area contributed by atoms with Gasteiger partial charge in [-0.25, -0.2) is 4.98 Å². The molecule has 174 valence electrons. The van der Waals surface area contributed by atoms with Gasteiger partial charge in [0.2, 0.25) is 5.91 Å². The van der Waals surface area contributed by atoms with E-state index in [0.29, 0.717) is 31.0 Å². The first-order valence-corrected chi connectivity index (χ1v) is 13.2. The summed E-state index contributed by atoms with van der Waals surface area (Å²) < 4.78 is 33.8. The molecule has 0 saturated carbocycles. The number of pyridine rings is 1. The van der Waals surface area contributed by atoms with Crippen LogP contribution >= 0.6 is 11.3 Å². The van der Waals surface area contributed by atoms with E-state index in [-0.39, 0.29) is 24.0 Å². The quantitative estimate of drug-likeness (QED) is 0.428. The number of amides is 1. The molecule has 0 spiro atoms. The van der Waals surface area contributed by atoms with E-state index in [1.54, 1.807) is 28.6 Å². The lowest BCUT2D eigenvalue weighted by molar-refractivity contribution is -0.138. The highest BCUT2D eigenvalue weighted by Crippen LogP contribution is 2.37. The van der Waals surface area contributed by atoms with Crippen LogP contribution in [0.25, 0.3) is 10.2 Å². The molecule has 0 bridgehead atoms. The van der Waals surface area contributed by atoms with Crippen molar-refractivity contribution in [3.8, 4) is 0 Å². The van der Waals surface area contributed by atoms with Gasteiger partial charge in [0.25, 0.3) is 10.0 Å². The fraction of sp³-hybridized carbons (Fsp3) is 0.304. The minimum absolute atomic E-state index is 0.0637. The van der Waals surface area contributed by atoms with Crippen molar-refractivity contribution in [2.75, 3.05) is 13.2 Å². The van der Waals surface area contributed by atoms with Gasteiger partial charge < -0.3 is 9.64 Å². The summed E-state index contributed by atoms with van der Waals surface area (Å²) in [7, 11) is -3.85. The molecular weight excluding hydrogens is 474 g/mol. The number of aromatic nitrogens is 4. The number of thiazole rings is 1. The maximum atomic E-state index is 13.7. The predicted octanol–water partition coefficient (Wildman–Crippen LogP) is 2.63. The van der Waals surface area contributed by atoms with Crippen molar-refractivity contribution >= 4 is 37.5 Å². The number of hydrogen-bond acceptors (Lipinski definition) is 8. The Bertz CT molecular complexity index is 1510. The Hall–Kier alpha value is -3.15. The summed E-state index contributed by atoms with van der Waals surface area (Å²) in [5, 5.41) is 4.35. The van der Waals surface area contributed by atoms with Crippen LogP contribution in [0.2, 0.25) is 0 Å². The Balaban J connectivity index is 1.27. The molecule has 1 saturated heterocycles. The molecule has 1 fully saturated rings. The summed E-state index contributed by atoms with van der Waals surface area (Å²) in [6.45, 7) is 3.22. The Morgan fingerprint density at radius 2 is 2.09 bits per heavy atom. The van der Waals surface area contributed by atoms with E-state index in [1.165, 1.54) is 17.5 Å². The van der Waals surface area contributed by atoms with Crippen LogP contribution in [0.15, 0.2) is 53.0 Å². The van der Waals surface area contributed by atoms with E-state index < -0.39 is 15.4 Å². The number of aryl methyl sites for hydroxylation is 1. The zero-order chi connectivity index (χ0) is 23.5. The summed E-state index contributed by atoms with van der Waals surface area (Å²) in [4.78, 5) is 24.4. The third-order valence-electron chi connectivity index (χ3n) is 6.50. The van der Waals surface area contributed by atoms with Gasteiger partial charge in [-0.3, -0.25) is 9.78 Å². The second-order valence-corrected chi connectivity index (χ2v) is 11.4. The summed E-state index contributed by atoms with van der Waals surface area (Å²) >= 11 is 1.39. The third-order valence-corrected chi connectivity index (χ3v) is 8.82. The van der Waals surface area contributed by atoms with Crippen LogP contribution in [0, 0.1) is 6.92 Å². The summed E-state index contributed by atoms with van der Waals surface area (Å²) in [5.74, 6) is -0.0637. The average molecular weight is 496 g/mol. The first kappa shape index (κ1) is 21.4. The van der Waals surface area contributed by atoms with Gasteiger partial charge in [0.1, 0.15) is 5.41 Å². The molecule has 11 heteroatoms. The highest BCUT2D eigenvalue weighted by atomic mass is 32.2. The molecule has 2 aliphatic rings. The lowest BCUT2D eigenvalue weighted by Gasteiger charge is -2.30. The molecule has 0 aliphatic carbocycles. The van der Waals surface area contributed by atoms with Crippen molar-refractivity contribution in [1.82, 2.24) is 24.1 Å². The van der Waals surface area contributed by atoms with Crippen LogP contribution < -0.4 is 0 Å². The maximum absolute atomic E-state index is 13.7. The van der Waals surface area contributed by atoms with Gasteiger partial charge in [0, 0.05) is 30.6 Å². The van der Waals surface area contributed by atoms with Crippen LogP contribution in [0.4, 0.5) is 0 Å². The molecule has 0 radical (unpaired) electrons. The first-order chi connectivity index (χ1) is 16.4. The molecule has 9 nitrogen and oxygen atoms in total. The minimum Gasteiger partial charge on any atom is -0.380 e. The van der Waals surface area contributed by atoms with Crippen molar-refractivity contribution in [1.29, 1.82) is 0 Å². The van der Waals surface area contributed by atoms with Gasteiger partial charge in [0.05, 0.1) is 45.2 Å². The van der Waals surface area contributed by atoms with Gasteiger partial charge in [-0.2, -0.15) is 17.6 Å². The summed E-state index contributed by atoms with van der Waals surface area (Å²) in [6.07, 6.45) is 2.07. The predicted molar refractivity (Wildman–Crippen MR) is 125 cm³/mol. The van der Waals surface area contributed by atoms with Crippen LogP contribution in [-0.4, -0.2) is 51.6 Å². The average Bonchev–Trinajstić information content (AvgIpc) is 3.61. The fourth-order valence-electron chi connectivity index (χ4n) is 4.66. The molecule has 0 unspecified atom stereocenters. The molecule has 6 rings (SSSR count). The molecule has 3 aromatic heterocycles. The Kier molecular flexibility index (Phi) is 4.84. The Morgan fingerprint density at radius 1 is 1.21 bits per heavy atom. The number of nitrogens with zero attached hydrogens (tertiary/aromatic N) is 5. The fourth-order valence-corrected chi connectivity index (χ4v) is 6.64. The molecule has 1 amide bonds. The SMILES string of the molecule is Cc1cccc([C@]2(C(=O)N3Cc4cn(S(=O)(=O)c5ccc6ncsc6c5)nc4C3)CCOC2)n1. The smallest absolute Gasteiger partial charge is 0.283 e. The van der Waals surface area contributed by atoms with Crippen LogP contribution in [-0.2, 0) is 38.1 Å². The highest BCUT2D eigenvalue weighted by Gasteiger charge is 2.48. The lowest BCUT2D eigenvalue weighted by atomic mass is 9.81. The molecule has 5 heterocycles. The van der Waals surface area contributed by atoms with E-state index in [9.17, 15) is 13.2 Å². The lowest BCUT2D eigenvalue weighted by Crippen LogP contribution is -2.46. The number of rotatable bonds is 4. The van der Waals surface area contributed by atoms with Crippen molar-refractivity contribution in [3.63, 3.8) is 0 Å². The molecule has 0 N–H and O–H groups in total. The number of ether oxygens (including phenoxy) is 1. The number of fused-ring (bicyclic) bond motifs is 2. The molecule has 1 atom stereocenters. The standard InChI is InChI=1S/C23H21N5O4S2/c1-15-3-2-4-21(25-15)23(7-8-32-13-23)22(29)27-10-16-11-28(26-19(16)12-27)34(30,31)17-5-6-18-20(9-17)33-14-24-18/h2-6,9,11,14H,7-8,10,12-13H2,1H3/t23-/m0/s1. The molecule has 1 aromatic carbocycles. The number of benzene rings is 1. The van der Waals surface area contributed by atoms with E-state index in [1.807, 2.05) is 25.1 Å². The Morgan fingerprint density at radius 3 is 2.85 bits per heavy atom. The molecule has 34 heavy (non-hydrogen) atoms. The van der Waals surface area contributed by atoms with Gasteiger partial charge >= 0.3 is 0 Å².